The van der Waals surface area contributed by atoms with Gasteiger partial charge in [0, 0.05) is 15.5 Å². The van der Waals surface area contributed by atoms with E-state index in [4.69, 9.17) is 4.74 Å². The maximum atomic E-state index is 9.20. The molecular formula is C13H12BrNO. The Morgan fingerprint density at radius 1 is 1.44 bits per heavy atom. The molecule has 0 spiro atoms. The summed E-state index contributed by atoms with van der Waals surface area (Å²) >= 11 is 3.41. The van der Waals surface area contributed by atoms with Gasteiger partial charge in [0.25, 0.3) is 0 Å². The van der Waals surface area contributed by atoms with Crippen LogP contribution < -0.4 is 4.74 Å². The van der Waals surface area contributed by atoms with E-state index in [0.29, 0.717) is 12.2 Å². The third-order valence-corrected chi connectivity index (χ3v) is 2.98. The van der Waals surface area contributed by atoms with E-state index in [1.807, 2.05) is 24.3 Å². The minimum absolute atomic E-state index is 0.115. The number of benzene rings is 1. The van der Waals surface area contributed by atoms with Crippen LogP contribution in [0.4, 0.5) is 0 Å². The smallest absolute Gasteiger partial charge is 0.127 e. The molecule has 0 aromatic heterocycles. The van der Waals surface area contributed by atoms with Crippen molar-refractivity contribution in [2.75, 3.05) is 6.61 Å². The molecule has 1 aliphatic rings. The Bertz CT molecular complexity index is 497. The molecule has 2 rings (SSSR count). The van der Waals surface area contributed by atoms with Gasteiger partial charge in [-0.3, -0.25) is 0 Å². The Hall–Kier alpha value is -1.27. The highest BCUT2D eigenvalue weighted by Crippen LogP contribution is 2.36. The number of ether oxygens (including phenoxy) is 1. The minimum Gasteiger partial charge on any atom is -0.492 e. The zero-order valence-corrected chi connectivity index (χ0v) is 10.8. The maximum Gasteiger partial charge on any atom is 0.127 e. The lowest BCUT2D eigenvalue weighted by atomic mass is 9.91. The number of hydrogen-bond donors (Lipinski definition) is 0. The van der Waals surface area contributed by atoms with Gasteiger partial charge in [-0.1, -0.05) is 35.9 Å². The monoisotopic (exact) mass is 277 g/mol. The van der Waals surface area contributed by atoms with Crippen molar-refractivity contribution < 1.29 is 4.74 Å². The Labute approximate surface area is 104 Å². The summed E-state index contributed by atoms with van der Waals surface area (Å²) in [5.74, 6) is 0.779. The molecule has 0 saturated heterocycles. The zero-order valence-electron chi connectivity index (χ0n) is 9.25. The van der Waals surface area contributed by atoms with Crippen molar-refractivity contribution in [3.05, 3.63) is 34.3 Å². The summed E-state index contributed by atoms with van der Waals surface area (Å²) in [6.07, 6.45) is 1.98. The third kappa shape index (κ3) is 2.12. The Balaban J connectivity index is 2.60. The second kappa shape index (κ2) is 3.95. The fourth-order valence-corrected chi connectivity index (χ4v) is 2.07. The van der Waals surface area contributed by atoms with Crippen molar-refractivity contribution in [3.8, 4) is 11.8 Å². The molecule has 3 heteroatoms. The lowest BCUT2D eigenvalue weighted by molar-refractivity contribution is 0.225. The first-order valence-corrected chi connectivity index (χ1v) is 5.87. The van der Waals surface area contributed by atoms with Crippen LogP contribution in [0.5, 0.6) is 5.75 Å². The van der Waals surface area contributed by atoms with Crippen LogP contribution in [0.15, 0.2) is 28.7 Å². The van der Waals surface area contributed by atoms with Crippen molar-refractivity contribution in [2.24, 2.45) is 5.41 Å². The minimum atomic E-state index is -0.115. The van der Waals surface area contributed by atoms with Crippen molar-refractivity contribution in [2.45, 2.75) is 13.8 Å². The molecule has 16 heavy (non-hydrogen) atoms. The SMILES string of the molecule is CC1(C)C=C(C#N)c2cc(Br)ccc2OC1. The summed E-state index contributed by atoms with van der Waals surface area (Å²) in [6.45, 7) is 4.71. The molecule has 1 heterocycles. The van der Waals surface area contributed by atoms with Gasteiger partial charge in [0.15, 0.2) is 0 Å². The van der Waals surface area contributed by atoms with Gasteiger partial charge in [-0.25, -0.2) is 0 Å². The highest BCUT2D eigenvalue weighted by Gasteiger charge is 2.23. The first-order chi connectivity index (χ1) is 7.52. The molecule has 1 aliphatic heterocycles. The summed E-state index contributed by atoms with van der Waals surface area (Å²) in [7, 11) is 0. The molecular weight excluding hydrogens is 266 g/mol. The lowest BCUT2D eigenvalue weighted by Crippen LogP contribution is -2.17. The Morgan fingerprint density at radius 3 is 2.88 bits per heavy atom. The number of allylic oxidation sites excluding steroid dienone is 1. The molecule has 0 radical (unpaired) electrons. The van der Waals surface area contributed by atoms with Crippen LogP contribution in [0.25, 0.3) is 5.57 Å². The molecule has 1 aromatic rings. The van der Waals surface area contributed by atoms with Gasteiger partial charge < -0.3 is 4.74 Å². The average molecular weight is 278 g/mol. The van der Waals surface area contributed by atoms with Crippen LogP contribution in [0, 0.1) is 16.7 Å². The van der Waals surface area contributed by atoms with Crippen LogP contribution in [0.1, 0.15) is 19.4 Å². The highest BCUT2D eigenvalue weighted by atomic mass is 79.9. The Kier molecular flexibility index (Phi) is 2.77. The van der Waals surface area contributed by atoms with Crippen molar-refractivity contribution in [3.63, 3.8) is 0 Å². The predicted molar refractivity (Wildman–Crippen MR) is 67.0 cm³/mol. The standard InChI is InChI=1S/C13H12BrNO/c1-13(2)6-9(7-15)11-5-10(14)3-4-12(11)16-8-13/h3-6H,8H2,1-2H3. The second-order valence-corrected chi connectivity index (χ2v) is 5.50. The number of nitriles is 1. The van der Waals surface area contributed by atoms with Gasteiger partial charge in [-0.2, -0.15) is 5.26 Å². The van der Waals surface area contributed by atoms with Gasteiger partial charge in [0.1, 0.15) is 5.75 Å². The molecule has 0 aliphatic carbocycles. The average Bonchev–Trinajstić information content (AvgIpc) is 2.36. The fraction of sp³-hybridized carbons (Fsp3) is 0.308. The fourth-order valence-electron chi connectivity index (χ4n) is 1.70. The second-order valence-electron chi connectivity index (χ2n) is 4.59. The van der Waals surface area contributed by atoms with Crippen LogP contribution in [-0.2, 0) is 0 Å². The van der Waals surface area contributed by atoms with Gasteiger partial charge >= 0.3 is 0 Å². The van der Waals surface area contributed by atoms with Crippen molar-refractivity contribution >= 4 is 21.5 Å². The van der Waals surface area contributed by atoms with E-state index in [1.54, 1.807) is 0 Å². The summed E-state index contributed by atoms with van der Waals surface area (Å²) in [6, 6.07) is 7.98. The number of fused-ring (bicyclic) bond motifs is 1. The molecule has 0 bridgehead atoms. The lowest BCUT2D eigenvalue weighted by Gasteiger charge is -2.18. The Morgan fingerprint density at radius 2 is 2.19 bits per heavy atom. The topological polar surface area (TPSA) is 33.0 Å². The molecule has 1 aromatic carbocycles. The maximum absolute atomic E-state index is 9.20. The van der Waals surface area contributed by atoms with E-state index < -0.39 is 0 Å². The van der Waals surface area contributed by atoms with Crippen LogP contribution >= 0.6 is 15.9 Å². The molecule has 82 valence electrons. The largest absolute Gasteiger partial charge is 0.492 e. The number of halogens is 1. The predicted octanol–water partition coefficient (Wildman–Crippen LogP) is 3.77. The van der Waals surface area contributed by atoms with Gasteiger partial charge in [-0.15, -0.1) is 0 Å². The number of hydrogen-bond acceptors (Lipinski definition) is 2. The van der Waals surface area contributed by atoms with Crippen LogP contribution in [0.3, 0.4) is 0 Å². The first kappa shape index (κ1) is 11.2. The summed E-state index contributed by atoms with van der Waals surface area (Å²) < 4.78 is 6.68. The van der Waals surface area contributed by atoms with Gasteiger partial charge in [0.05, 0.1) is 18.2 Å². The van der Waals surface area contributed by atoms with Gasteiger partial charge in [0.2, 0.25) is 0 Å². The van der Waals surface area contributed by atoms with Crippen molar-refractivity contribution in [1.29, 1.82) is 5.26 Å². The number of nitrogens with zero attached hydrogens (tertiary/aromatic N) is 1. The molecule has 0 unspecified atom stereocenters. The summed E-state index contributed by atoms with van der Waals surface area (Å²) in [4.78, 5) is 0. The number of rotatable bonds is 0. The summed E-state index contributed by atoms with van der Waals surface area (Å²) in [5.41, 5.74) is 1.43. The molecule has 0 atom stereocenters. The van der Waals surface area contributed by atoms with Crippen LogP contribution in [-0.4, -0.2) is 6.61 Å². The first-order valence-electron chi connectivity index (χ1n) is 5.07. The molecule has 0 amide bonds. The highest BCUT2D eigenvalue weighted by molar-refractivity contribution is 9.10. The molecule has 0 saturated carbocycles. The van der Waals surface area contributed by atoms with E-state index in [2.05, 4.69) is 35.8 Å². The molecule has 2 nitrogen and oxygen atoms in total. The van der Waals surface area contributed by atoms with Crippen molar-refractivity contribution in [1.82, 2.24) is 0 Å². The van der Waals surface area contributed by atoms with E-state index in [0.717, 1.165) is 15.8 Å². The molecule has 0 fully saturated rings. The third-order valence-electron chi connectivity index (χ3n) is 2.49. The molecule has 0 N–H and O–H groups in total. The van der Waals surface area contributed by atoms with E-state index >= 15 is 0 Å². The zero-order chi connectivity index (χ0) is 11.8. The van der Waals surface area contributed by atoms with E-state index in [9.17, 15) is 5.26 Å². The van der Waals surface area contributed by atoms with Crippen LogP contribution in [0.2, 0.25) is 0 Å². The summed E-state index contributed by atoms with van der Waals surface area (Å²) in [5, 5.41) is 9.20. The normalized spacial score (nSPS) is 17.5. The van der Waals surface area contributed by atoms with Gasteiger partial charge in [-0.05, 0) is 18.2 Å². The quantitative estimate of drug-likeness (QED) is 0.723. The van der Waals surface area contributed by atoms with E-state index in [-0.39, 0.29) is 5.41 Å². The van der Waals surface area contributed by atoms with E-state index in [1.165, 1.54) is 0 Å².